The molecule has 3 N–H and O–H groups in total. The Morgan fingerprint density at radius 1 is 1.37 bits per heavy atom. The van der Waals surface area contributed by atoms with Crippen LogP contribution in [0.4, 0.5) is 11.9 Å². The SMILES string of the molecule is CCC(CCc1cccs1)Nc1nc(C)nc(N)n1. The number of nitrogens with one attached hydrogen (secondary N) is 1. The number of rotatable bonds is 6. The quantitative estimate of drug-likeness (QED) is 0.849. The highest BCUT2D eigenvalue weighted by Crippen LogP contribution is 2.15. The number of aromatic nitrogens is 3. The van der Waals surface area contributed by atoms with Gasteiger partial charge in [-0.05, 0) is 37.6 Å². The van der Waals surface area contributed by atoms with Crippen molar-refractivity contribution < 1.29 is 0 Å². The molecule has 0 aliphatic rings. The van der Waals surface area contributed by atoms with Gasteiger partial charge in [-0.3, -0.25) is 0 Å². The summed E-state index contributed by atoms with van der Waals surface area (Å²) in [4.78, 5) is 13.7. The van der Waals surface area contributed by atoms with Crippen LogP contribution in [0.3, 0.4) is 0 Å². The van der Waals surface area contributed by atoms with Gasteiger partial charge < -0.3 is 11.1 Å². The maximum absolute atomic E-state index is 5.63. The van der Waals surface area contributed by atoms with Crippen LogP contribution in [0.1, 0.15) is 30.5 Å². The van der Waals surface area contributed by atoms with E-state index in [0.29, 0.717) is 17.8 Å². The number of hydrogen-bond donors (Lipinski definition) is 2. The normalized spacial score (nSPS) is 12.3. The van der Waals surface area contributed by atoms with Gasteiger partial charge in [-0.1, -0.05) is 13.0 Å². The van der Waals surface area contributed by atoms with Crippen LogP contribution in [0.2, 0.25) is 0 Å². The molecule has 0 radical (unpaired) electrons. The average molecular weight is 277 g/mol. The minimum atomic E-state index is 0.267. The molecule has 2 aromatic rings. The van der Waals surface area contributed by atoms with Crippen molar-refractivity contribution in [3.63, 3.8) is 0 Å². The lowest BCUT2D eigenvalue weighted by Gasteiger charge is -2.16. The van der Waals surface area contributed by atoms with Gasteiger partial charge in [0.1, 0.15) is 5.82 Å². The molecule has 2 rings (SSSR count). The Morgan fingerprint density at radius 2 is 2.21 bits per heavy atom. The third kappa shape index (κ3) is 4.17. The van der Waals surface area contributed by atoms with Crippen LogP contribution in [0.25, 0.3) is 0 Å². The number of aryl methyl sites for hydroxylation is 2. The number of thiophene rings is 1. The first kappa shape index (κ1) is 13.7. The fourth-order valence-corrected chi connectivity index (χ4v) is 2.62. The predicted octanol–water partition coefficient (Wildman–Crippen LogP) is 2.65. The minimum Gasteiger partial charge on any atom is -0.368 e. The van der Waals surface area contributed by atoms with Gasteiger partial charge in [0, 0.05) is 10.9 Å². The van der Waals surface area contributed by atoms with E-state index in [4.69, 9.17) is 5.73 Å². The lowest BCUT2D eigenvalue weighted by molar-refractivity contribution is 0.630. The summed E-state index contributed by atoms with van der Waals surface area (Å²) in [6.45, 7) is 3.97. The Balaban J connectivity index is 1.94. The number of hydrogen-bond acceptors (Lipinski definition) is 6. The molecule has 0 amide bonds. The highest BCUT2D eigenvalue weighted by atomic mass is 32.1. The van der Waals surface area contributed by atoms with Gasteiger partial charge in [0.15, 0.2) is 0 Å². The fraction of sp³-hybridized carbons (Fsp3) is 0.462. The fourth-order valence-electron chi connectivity index (χ4n) is 1.90. The van der Waals surface area contributed by atoms with E-state index in [-0.39, 0.29) is 5.95 Å². The highest BCUT2D eigenvalue weighted by Gasteiger charge is 2.09. The molecular formula is C13H19N5S. The van der Waals surface area contributed by atoms with E-state index in [1.54, 1.807) is 11.3 Å². The number of nitrogens with zero attached hydrogens (tertiary/aromatic N) is 3. The van der Waals surface area contributed by atoms with Crippen molar-refractivity contribution in [2.24, 2.45) is 0 Å². The van der Waals surface area contributed by atoms with Crippen LogP contribution >= 0.6 is 11.3 Å². The molecular weight excluding hydrogens is 258 g/mol. The molecule has 0 bridgehead atoms. The van der Waals surface area contributed by atoms with Gasteiger partial charge >= 0.3 is 0 Å². The Kier molecular flexibility index (Phi) is 4.68. The van der Waals surface area contributed by atoms with Crippen molar-refractivity contribution in [3.05, 3.63) is 28.2 Å². The Hall–Kier alpha value is -1.69. The molecule has 2 heterocycles. The van der Waals surface area contributed by atoms with Crippen LogP contribution in [-0.2, 0) is 6.42 Å². The monoisotopic (exact) mass is 277 g/mol. The first-order valence-electron chi connectivity index (χ1n) is 6.44. The van der Waals surface area contributed by atoms with Crippen LogP contribution in [0, 0.1) is 6.92 Å². The van der Waals surface area contributed by atoms with Crippen LogP contribution in [0.5, 0.6) is 0 Å². The van der Waals surface area contributed by atoms with E-state index in [2.05, 4.69) is 44.7 Å². The zero-order valence-corrected chi connectivity index (χ0v) is 12.1. The van der Waals surface area contributed by atoms with E-state index >= 15 is 0 Å². The van der Waals surface area contributed by atoms with E-state index in [1.165, 1.54) is 4.88 Å². The summed E-state index contributed by atoms with van der Waals surface area (Å²) in [5.74, 6) is 1.48. The molecule has 1 unspecified atom stereocenters. The largest absolute Gasteiger partial charge is 0.368 e. The Morgan fingerprint density at radius 3 is 2.84 bits per heavy atom. The van der Waals surface area contributed by atoms with Gasteiger partial charge in [-0.15, -0.1) is 11.3 Å². The maximum Gasteiger partial charge on any atom is 0.227 e. The van der Waals surface area contributed by atoms with Gasteiger partial charge in [0.05, 0.1) is 0 Å². The van der Waals surface area contributed by atoms with Gasteiger partial charge in [0.25, 0.3) is 0 Å². The standard InChI is InChI=1S/C13H19N5S/c1-3-10(6-7-11-5-4-8-19-11)17-13-16-9(2)15-12(14)18-13/h4-5,8,10H,3,6-7H2,1-2H3,(H3,14,15,16,17,18). The zero-order valence-electron chi connectivity index (χ0n) is 11.3. The van der Waals surface area contributed by atoms with Crippen molar-refractivity contribution in [2.45, 2.75) is 39.2 Å². The molecule has 0 saturated carbocycles. The third-order valence-electron chi connectivity index (χ3n) is 2.91. The Labute approximate surface area is 117 Å². The number of nitrogen functional groups attached to an aromatic ring is 1. The van der Waals surface area contributed by atoms with Gasteiger partial charge in [-0.25, -0.2) is 0 Å². The topological polar surface area (TPSA) is 76.7 Å². The molecule has 0 saturated heterocycles. The summed E-state index contributed by atoms with van der Waals surface area (Å²) in [6, 6.07) is 4.61. The molecule has 0 aromatic carbocycles. The second-order valence-corrected chi connectivity index (χ2v) is 5.46. The second kappa shape index (κ2) is 6.47. The Bertz CT molecular complexity index is 492. The summed E-state index contributed by atoms with van der Waals surface area (Å²) in [6.07, 6.45) is 3.15. The van der Waals surface area contributed by atoms with Crippen molar-refractivity contribution in [1.82, 2.24) is 15.0 Å². The van der Waals surface area contributed by atoms with Gasteiger partial charge in [0.2, 0.25) is 11.9 Å². The summed E-state index contributed by atoms with van der Waals surface area (Å²) < 4.78 is 0. The summed E-state index contributed by atoms with van der Waals surface area (Å²) in [7, 11) is 0. The molecule has 102 valence electrons. The van der Waals surface area contributed by atoms with E-state index in [1.807, 2.05) is 6.92 Å². The smallest absolute Gasteiger partial charge is 0.227 e. The number of nitrogens with two attached hydrogens (primary N) is 1. The van der Waals surface area contributed by atoms with E-state index < -0.39 is 0 Å². The molecule has 0 aliphatic heterocycles. The molecule has 5 nitrogen and oxygen atoms in total. The summed E-state index contributed by atoms with van der Waals surface area (Å²) in [5.41, 5.74) is 5.63. The van der Waals surface area contributed by atoms with Crippen molar-refractivity contribution in [1.29, 1.82) is 0 Å². The summed E-state index contributed by atoms with van der Waals surface area (Å²) >= 11 is 1.80. The number of anilines is 2. The molecule has 1 atom stereocenters. The van der Waals surface area contributed by atoms with Crippen LogP contribution in [0.15, 0.2) is 17.5 Å². The summed E-state index contributed by atoms with van der Waals surface area (Å²) in [5, 5.41) is 5.45. The van der Waals surface area contributed by atoms with Crippen LogP contribution < -0.4 is 11.1 Å². The van der Waals surface area contributed by atoms with Crippen LogP contribution in [-0.4, -0.2) is 21.0 Å². The predicted molar refractivity (Wildman–Crippen MR) is 79.3 cm³/mol. The first-order valence-corrected chi connectivity index (χ1v) is 7.32. The molecule has 0 aliphatic carbocycles. The molecule has 0 spiro atoms. The first-order chi connectivity index (χ1) is 9.17. The molecule has 2 aromatic heterocycles. The highest BCUT2D eigenvalue weighted by molar-refractivity contribution is 7.09. The molecule has 19 heavy (non-hydrogen) atoms. The average Bonchev–Trinajstić information content (AvgIpc) is 2.86. The van der Waals surface area contributed by atoms with Gasteiger partial charge in [-0.2, -0.15) is 15.0 Å². The van der Waals surface area contributed by atoms with E-state index in [0.717, 1.165) is 19.3 Å². The molecule has 0 fully saturated rings. The van der Waals surface area contributed by atoms with Crippen molar-refractivity contribution >= 4 is 23.2 Å². The van der Waals surface area contributed by atoms with Crippen molar-refractivity contribution in [3.8, 4) is 0 Å². The van der Waals surface area contributed by atoms with E-state index in [9.17, 15) is 0 Å². The van der Waals surface area contributed by atoms with Crippen molar-refractivity contribution in [2.75, 3.05) is 11.1 Å². The minimum absolute atomic E-state index is 0.267. The lowest BCUT2D eigenvalue weighted by atomic mass is 10.1. The lowest BCUT2D eigenvalue weighted by Crippen LogP contribution is -2.21. The third-order valence-corrected chi connectivity index (χ3v) is 3.85. The second-order valence-electron chi connectivity index (χ2n) is 4.43. The molecule has 6 heteroatoms. The maximum atomic E-state index is 5.63. The zero-order chi connectivity index (χ0) is 13.7.